The highest BCUT2D eigenvalue weighted by atomic mass is 35.5. The van der Waals surface area contributed by atoms with Crippen LogP contribution in [-0.4, -0.2) is 24.0 Å². The van der Waals surface area contributed by atoms with Gasteiger partial charge < -0.3 is 9.47 Å². The average Bonchev–Trinajstić information content (AvgIpc) is 2.61. The minimum absolute atomic E-state index is 0.152. The molecule has 1 aromatic carbocycles. The summed E-state index contributed by atoms with van der Waals surface area (Å²) in [6.45, 7) is 5.63. The third-order valence-corrected chi connectivity index (χ3v) is 3.05. The summed E-state index contributed by atoms with van der Waals surface area (Å²) in [6.07, 6.45) is 0.645. The Morgan fingerprint density at radius 2 is 2.11 bits per heavy atom. The number of fused-ring (bicyclic) bond motifs is 1. The molecule has 1 aliphatic rings. The lowest BCUT2D eigenvalue weighted by Crippen LogP contribution is -2.25. The molecular formula is C14H15ClO4. The van der Waals surface area contributed by atoms with Crippen LogP contribution in [0.1, 0.15) is 36.7 Å². The summed E-state index contributed by atoms with van der Waals surface area (Å²) in [5.74, 6) is -1.17. The Kier molecular flexibility index (Phi) is 3.54. The normalized spacial score (nSPS) is 15.6. The second-order valence-electron chi connectivity index (χ2n) is 5.03. The molecule has 0 fully saturated rings. The zero-order chi connectivity index (χ0) is 14.2. The monoisotopic (exact) mass is 282 g/mol. The van der Waals surface area contributed by atoms with E-state index in [2.05, 4.69) is 0 Å². The second kappa shape index (κ2) is 4.85. The number of esters is 1. The van der Waals surface area contributed by atoms with Crippen LogP contribution in [0.4, 0.5) is 0 Å². The van der Waals surface area contributed by atoms with Crippen LogP contribution in [0, 0.1) is 0 Å². The van der Waals surface area contributed by atoms with E-state index >= 15 is 0 Å². The van der Waals surface area contributed by atoms with Gasteiger partial charge in [-0.2, -0.15) is 0 Å². The van der Waals surface area contributed by atoms with Gasteiger partial charge in [-0.15, -0.1) is 0 Å². The zero-order valence-electron chi connectivity index (χ0n) is 11.1. The Labute approximate surface area is 116 Å². The summed E-state index contributed by atoms with van der Waals surface area (Å²) >= 11 is 5.99. The molecule has 0 saturated heterocycles. The first-order valence-corrected chi connectivity index (χ1v) is 6.45. The molecule has 0 atom stereocenters. The van der Waals surface area contributed by atoms with Crippen molar-refractivity contribution >= 4 is 23.4 Å². The molecule has 0 saturated carbocycles. The predicted molar refractivity (Wildman–Crippen MR) is 70.8 cm³/mol. The van der Waals surface area contributed by atoms with E-state index in [1.165, 1.54) is 6.07 Å². The molecule has 5 heteroatoms. The van der Waals surface area contributed by atoms with Crippen molar-refractivity contribution in [1.29, 1.82) is 0 Å². The molecule has 4 nitrogen and oxygen atoms in total. The van der Waals surface area contributed by atoms with Crippen molar-refractivity contribution in [3.8, 4) is 5.75 Å². The number of hydrogen-bond donors (Lipinski definition) is 0. The maximum absolute atomic E-state index is 12.0. The number of Topliss-reactive ketones (excluding diaryl/α,β-unsaturated/α-hetero) is 1. The first-order valence-electron chi connectivity index (χ1n) is 6.07. The fourth-order valence-electron chi connectivity index (χ4n) is 2.15. The van der Waals surface area contributed by atoms with Gasteiger partial charge in [0.2, 0.25) is 0 Å². The summed E-state index contributed by atoms with van der Waals surface area (Å²) in [7, 11) is 0. The Morgan fingerprint density at radius 1 is 1.42 bits per heavy atom. The van der Waals surface area contributed by atoms with Crippen molar-refractivity contribution in [1.82, 2.24) is 0 Å². The first kappa shape index (κ1) is 13.9. The van der Waals surface area contributed by atoms with Gasteiger partial charge in [0.25, 0.3) is 5.78 Å². The Hall–Kier alpha value is -1.55. The van der Waals surface area contributed by atoms with Gasteiger partial charge in [0.1, 0.15) is 11.4 Å². The van der Waals surface area contributed by atoms with E-state index < -0.39 is 17.4 Å². The molecule has 0 radical (unpaired) electrons. The van der Waals surface area contributed by atoms with E-state index in [0.29, 0.717) is 17.2 Å². The van der Waals surface area contributed by atoms with Crippen molar-refractivity contribution in [2.45, 2.75) is 32.8 Å². The van der Waals surface area contributed by atoms with E-state index in [1.807, 2.05) is 13.8 Å². The Morgan fingerprint density at radius 3 is 2.74 bits per heavy atom. The highest BCUT2D eigenvalue weighted by Crippen LogP contribution is 2.39. The molecule has 1 heterocycles. The van der Waals surface area contributed by atoms with Gasteiger partial charge in [-0.1, -0.05) is 11.6 Å². The first-order chi connectivity index (χ1) is 8.84. The molecule has 0 aromatic heterocycles. The van der Waals surface area contributed by atoms with E-state index in [-0.39, 0.29) is 12.2 Å². The third-order valence-electron chi connectivity index (χ3n) is 2.83. The molecule has 19 heavy (non-hydrogen) atoms. The van der Waals surface area contributed by atoms with Crippen LogP contribution in [0.2, 0.25) is 5.02 Å². The average molecular weight is 283 g/mol. The fourth-order valence-corrected chi connectivity index (χ4v) is 2.39. The minimum Gasteiger partial charge on any atom is -0.486 e. The second-order valence-corrected chi connectivity index (χ2v) is 5.47. The molecule has 0 N–H and O–H groups in total. The van der Waals surface area contributed by atoms with Crippen LogP contribution >= 0.6 is 11.6 Å². The van der Waals surface area contributed by atoms with Crippen LogP contribution in [0.5, 0.6) is 5.75 Å². The van der Waals surface area contributed by atoms with Gasteiger partial charge >= 0.3 is 5.97 Å². The van der Waals surface area contributed by atoms with Crippen molar-refractivity contribution in [3.63, 3.8) is 0 Å². The largest absolute Gasteiger partial charge is 0.486 e. The van der Waals surface area contributed by atoms with Crippen LogP contribution < -0.4 is 4.74 Å². The number of halogens is 1. The highest BCUT2D eigenvalue weighted by molar-refractivity contribution is 6.42. The standard InChI is InChI=1S/C14H15ClO4/c1-4-18-13(17)11(16)10-6-9(15)5-8-7-14(2,3)19-12(8)10/h5-6H,4,7H2,1-3H3. The topological polar surface area (TPSA) is 52.6 Å². The predicted octanol–water partition coefficient (Wildman–Crippen LogP) is 2.80. The van der Waals surface area contributed by atoms with Crippen LogP contribution in [0.3, 0.4) is 0 Å². The lowest BCUT2D eigenvalue weighted by Gasteiger charge is -2.17. The molecule has 102 valence electrons. The zero-order valence-corrected chi connectivity index (χ0v) is 11.8. The number of carbonyl (C=O) groups excluding carboxylic acids is 2. The van der Waals surface area contributed by atoms with Crippen molar-refractivity contribution in [3.05, 3.63) is 28.3 Å². The number of hydrogen-bond acceptors (Lipinski definition) is 4. The highest BCUT2D eigenvalue weighted by Gasteiger charge is 2.35. The summed E-state index contributed by atoms with van der Waals surface area (Å²) in [4.78, 5) is 23.6. The quantitative estimate of drug-likeness (QED) is 0.486. The number of ether oxygens (including phenoxy) is 2. The lowest BCUT2D eigenvalue weighted by atomic mass is 9.99. The number of rotatable bonds is 3. The molecular weight excluding hydrogens is 268 g/mol. The molecule has 1 aliphatic heterocycles. The Balaban J connectivity index is 2.43. The SMILES string of the molecule is CCOC(=O)C(=O)c1cc(Cl)cc2c1OC(C)(C)C2. The van der Waals surface area contributed by atoms with E-state index in [4.69, 9.17) is 21.1 Å². The summed E-state index contributed by atoms with van der Waals surface area (Å²) in [6, 6.07) is 3.20. The van der Waals surface area contributed by atoms with Crippen LogP contribution in [0.15, 0.2) is 12.1 Å². The molecule has 1 aromatic rings. The van der Waals surface area contributed by atoms with Gasteiger partial charge in [-0.3, -0.25) is 4.79 Å². The summed E-state index contributed by atoms with van der Waals surface area (Å²) in [5, 5.41) is 0.410. The van der Waals surface area contributed by atoms with E-state index in [9.17, 15) is 9.59 Å². The Bertz CT molecular complexity index is 549. The van der Waals surface area contributed by atoms with Crippen molar-refractivity contribution in [2.24, 2.45) is 0 Å². The van der Waals surface area contributed by atoms with Crippen LogP contribution in [-0.2, 0) is 16.0 Å². The maximum Gasteiger partial charge on any atom is 0.379 e. The molecule has 0 unspecified atom stereocenters. The molecule has 0 bridgehead atoms. The van der Waals surface area contributed by atoms with Gasteiger partial charge in [-0.05, 0) is 32.9 Å². The molecule has 2 rings (SSSR count). The van der Waals surface area contributed by atoms with Gasteiger partial charge in [-0.25, -0.2) is 4.79 Å². The van der Waals surface area contributed by atoms with Crippen molar-refractivity contribution < 1.29 is 19.1 Å². The molecule has 0 aliphatic carbocycles. The smallest absolute Gasteiger partial charge is 0.379 e. The fraction of sp³-hybridized carbons (Fsp3) is 0.429. The summed E-state index contributed by atoms with van der Waals surface area (Å²) < 4.78 is 10.5. The van der Waals surface area contributed by atoms with Gasteiger partial charge in [0.15, 0.2) is 0 Å². The van der Waals surface area contributed by atoms with Gasteiger partial charge in [0, 0.05) is 17.0 Å². The van der Waals surface area contributed by atoms with E-state index in [1.54, 1.807) is 13.0 Å². The third kappa shape index (κ3) is 2.73. The van der Waals surface area contributed by atoms with Crippen molar-refractivity contribution in [2.75, 3.05) is 6.61 Å². The number of ketones is 1. The minimum atomic E-state index is -0.889. The number of benzene rings is 1. The molecule has 0 amide bonds. The number of carbonyl (C=O) groups is 2. The maximum atomic E-state index is 12.0. The van der Waals surface area contributed by atoms with E-state index in [0.717, 1.165) is 5.56 Å². The summed E-state index contributed by atoms with van der Waals surface area (Å²) in [5.41, 5.74) is 0.605. The van der Waals surface area contributed by atoms with Gasteiger partial charge in [0.05, 0.1) is 12.2 Å². The van der Waals surface area contributed by atoms with Crippen LogP contribution in [0.25, 0.3) is 0 Å². The molecule has 0 spiro atoms. The lowest BCUT2D eigenvalue weighted by molar-refractivity contribution is -0.137.